The minimum absolute atomic E-state index is 0.00361. The lowest BCUT2D eigenvalue weighted by atomic mass is 9.72. The van der Waals surface area contributed by atoms with E-state index in [1.165, 1.54) is 50.0 Å². The highest BCUT2D eigenvalue weighted by Crippen LogP contribution is 2.49. The molecule has 2 aliphatic heterocycles. The molecule has 1 aromatic carbocycles. The largest absolute Gasteiger partial charge is 0.379 e. The lowest BCUT2D eigenvalue weighted by Gasteiger charge is -2.61. The van der Waals surface area contributed by atoms with E-state index in [4.69, 9.17) is 16.6 Å². The van der Waals surface area contributed by atoms with E-state index in [0.717, 1.165) is 48.1 Å². The summed E-state index contributed by atoms with van der Waals surface area (Å²) in [5.74, 6) is 1.42. The van der Waals surface area contributed by atoms with Gasteiger partial charge in [-0.2, -0.15) is 0 Å². The zero-order valence-electron chi connectivity index (χ0n) is 24.2. The summed E-state index contributed by atoms with van der Waals surface area (Å²) in [5, 5.41) is 7.22. The van der Waals surface area contributed by atoms with Crippen molar-refractivity contribution in [3.63, 3.8) is 0 Å². The standard InChI is InChI=1S/C34H36ClN7O/c35-24-3-1-2-22(10-24)28-13-29(28)33(43)39-31-12-25(8-9-36-31)37-14-26-16-40-15-23(21-4-5-21)11-30(32(40)38-26)42-19-34(20-42)17-41(18-34)27-6-7-27/h1-3,8-12,15-16,21,27-29H,4-7,13-14,17-20H2,(H2,36,37,39,43)/t28-,29+/m1/s1. The molecule has 2 atom stereocenters. The smallest absolute Gasteiger partial charge is 0.229 e. The fourth-order valence-corrected chi connectivity index (χ4v) is 7.57. The molecule has 5 heterocycles. The molecule has 0 radical (unpaired) electrons. The van der Waals surface area contributed by atoms with Crippen LogP contribution >= 0.6 is 11.6 Å². The second kappa shape index (κ2) is 9.69. The van der Waals surface area contributed by atoms with E-state index in [9.17, 15) is 4.79 Å². The fraction of sp³-hybridized carbons (Fsp3) is 0.441. The number of imidazole rings is 1. The molecule has 0 bridgehead atoms. The second-order valence-electron chi connectivity index (χ2n) is 13.7. The molecule has 3 aliphatic carbocycles. The molecule has 8 nitrogen and oxygen atoms in total. The number of aromatic nitrogens is 3. The van der Waals surface area contributed by atoms with Gasteiger partial charge in [-0.1, -0.05) is 23.7 Å². The predicted octanol–water partition coefficient (Wildman–Crippen LogP) is 5.90. The predicted molar refractivity (Wildman–Crippen MR) is 169 cm³/mol. The monoisotopic (exact) mass is 593 g/mol. The van der Waals surface area contributed by atoms with Crippen LogP contribution in [0.2, 0.25) is 5.02 Å². The molecule has 0 unspecified atom stereocenters. The van der Waals surface area contributed by atoms with Crippen molar-refractivity contribution in [3.05, 3.63) is 82.9 Å². The number of halogens is 1. The number of amides is 1. The van der Waals surface area contributed by atoms with Gasteiger partial charge in [0, 0.05) is 78.9 Å². The summed E-state index contributed by atoms with van der Waals surface area (Å²) in [7, 11) is 0. The molecular formula is C34H36ClN7O. The van der Waals surface area contributed by atoms with E-state index in [1.54, 1.807) is 6.20 Å². The molecule has 5 fully saturated rings. The number of anilines is 3. The van der Waals surface area contributed by atoms with Crippen molar-refractivity contribution in [1.82, 2.24) is 19.3 Å². The Hall–Kier alpha value is -3.62. The molecule has 43 heavy (non-hydrogen) atoms. The molecule has 1 spiro atoms. The van der Waals surface area contributed by atoms with Crippen LogP contribution in [0.25, 0.3) is 5.65 Å². The Bertz CT molecular complexity index is 1730. The SMILES string of the molecule is O=C(Nc1cc(NCc2cn3cc(C4CC4)cc(N4CC5(C4)CN(C4CC4)C5)c3n2)ccn1)[C@H]1C[C@@H]1c1cccc(Cl)c1. The fourth-order valence-electron chi connectivity index (χ4n) is 7.37. The molecule has 220 valence electrons. The van der Waals surface area contributed by atoms with Gasteiger partial charge in [0.1, 0.15) is 5.82 Å². The van der Waals surface area contributed by atoms with E-state index >= 15 is 0 Å². The van der Waals surface area contributed by atoms with Crippen LogP contribution in [0, 0.1) is 11.3 Å². The van der Waals surface area contributed by atoms with E-state index in [2.05, 4.69) is 48.3 Å². The molecule has 9 heteroatoms. The van der Waals surface area contributed by atoms with Gasteiger partial charge in [0.15, 0.2) is 5.65 Å². The molecule has 3 aromatic heterocycles. The van der Waals surface area contributed by atoms with E-state index in [-0.39, 0.29) is 17.7 Å². The van der Waals surface area contributed by atoms with Gasteiger partial charge in [0.25, 0.3) is 0 Å². The summed E-state index contributed by atoms with van der Waals surface area (Å²) < 4.78 is 2.24. The van der Waals surface area contributed by atoms with Gasteiger partial charge in [0.2, 0.25) is 5.91 Å². The quantitative estimate of drug-likeness (QED) is 0.252. The average Bonchev–Trinajstić information content (AvgIpc) is 3.82. The van der Waals surface area contributed by atoms with Crippen LogP contribution in [-0.2, 0) is 11.3 Å². The first-order valence-corrected chi connectivity index (χ1v) is 16.1. The Morgan fingerprint density at radius 2 is 1.86 bits per heavy atom. The number of nitrogens with zero attached hydrogens (tertiary/aromatic N) is 5. The van der Waals surface area contributed by atoms with Crippen LogP contribution in [0.4, 0.5) is 17.2 Å². The Morgan fingerprint density at radius 3 is 2.65 bits per heavy atom. The van der Waals surface area contributed by atoms with Crippen molar-refractivity contribution >= 4 is 40.3 Å². The maximum atomic E-state index is 12.9. The lowest BCUT2D eigenvalue weighted by Crippen LogP contribution is -2.72. The van der Waals surface area contributed by atoms with Crippen molar-refractivity contribution in [2.24, 2.45) is 11.3 Å². The van der Waals surface area contributed by atoms with Gasteiger partial charge in [-0.05, 0) is 79.3 Å². The van der Waals surface area contributed by atoms with Gasteiger partial charge in [0.05, 0.1) is 17.9 Å². The normalized spacial score (nSPS) is 24.1. The van der Waals surface area contributed by atoms with Gasteiger partial charge in [-0.25, -0.2) is 9.97 Å². The molecule has 3 saturated carbocycles. The van der Waals surface area contributed by atoms with Crippen LogP contribution in [0.1, 0.15) is 60.8 Å². The Balaban J connectivity index is 0.865. The third kappa shape index (κ3) is 4.94. The molecule has 9 rings (SSSR count). The molecule has 5 aliphatic rings. The minimum Gasteiger partial charge on any atom is -0.379 e. The number of benzene rings is 1. The van der Waals surface area contributed by atoms with Crippen molar-refractivity contribution in [1.29, 1.82) is 0 Å². The third-order valence-electron chi connectivity index (χ3n) is 10.1. The topological polar surface area (TPSA) is 77.8 Å². The Labute approximate surface area is 256 Å². The van der Waals surface area contributed by atoms with Crippen molar-refractivity contribution in [2.75, 3.05) is 41.7 Å². The summed E-state index contributed by atoms with van der Waals surface area (Å²) in [6.45, 7) is 5.43. The summed E-state index contributed by atoms with van der Waals surface area (Å²) in [6, 6.07) is 14.9. The van der Waals surface area contributed by atoms with Gasteiger partial charge < -0.3 is 19.9 Å². The molecule has 2 N–H and O–H groups in total. The number of carbonyl (C=O) groups is 1. The first-order chi connectivity index (χ1) is 21.0. The highest BCUT2D eigenvalue weighted by atomic mass is 35.5. The number of fused-ring (bicyclic) bond motifs is 1. The highest BCUT2D eigenvalue weighted by molar-refractivity contribution is 6.30. The summed E-state index contributed by atoms with van der Waals surface area (Å²) in [4.78, 5) is 27.7. The van der Waals surface area contributed by atoms with Crippen LogP contribution in [-0.4, -0.2) is 57.4 Å². The number of pyridine rings is 2. The van der Waals surface area contributed by atoms with Crippen LogP contribution in [0.3, 0.4) is 0 Å². The third-order valence-corrected chi connectivity index (χ3v) is 10.3. The zero-order valence-corrected chi connectivity index (χ0v) is 24.9. The molecular weight excluding hydrogens is 558 g/mol. The van der Waals surface area contributed by atoms with E-state index in [1.807, 2.05) is 36.4 Å². The first-order valence-electron chi connectivity index (χ1n) is 15.8. The molecule has 2 saturated heterocycles. The summed E-state index contributed by atoms with van der Waals surface area (Å²) in [6.07, 6.45) is 12.4. The van der Waals surface area contributed by atoms with Gasteiger partial charge in [-0.15, -0.1) is 0 Å². The lowest BCUT2D eigenvalue weighted by molar-refractivity contribution is -0.117. The maximum Gasteiger partial charge on any atom is 0.229 e. The second-order valence-corrected chi connectivity index (χ2v) is 14.1. The highest BCUT2D eigenvalue weighted by Gasteiger charge is 2.55. The molecule has 1 amide bonds. The maximum absolute atomic E-state index is 12.9. The summed E-state index contributed by atoms with van der Waals surface area (Å²) >= 11 is 6.15. The van der Waals surface area contributed by atoms with Crippen molar-refractivity contribution < 1.29 is 4.79 Å². The average molecular weight is 594 g/mol. The van der Waals surface area contributed by atoms with Crippen LogP contribution in [0.15, 0.2) is 61.1 Å². The Kier molecular flexibility index (Phi) is 5.83. The number of hydrogen-bond donors (Lipinski definition) is 2. The number of hydrogen-bond acceptors (Lipinski definition) is 6. The Morgan fingerprint density at radius 1 is 1.00 bits per heavy atom. The number of nitrogens with one attached hydrogen (secondary N) is 2. The first kappa shape index (κ1) is 25.8. The zero-order chi connectivity index (χ0) is 28.7. The van der Waals surface area contributed by atoms with Crippen molar-refractivity contribution in [3.8, 4) is 0 Å². The molecule has 4 aromatic rings. The minimum atomic E-state index is -0.0488. The number of likely N-dealkylation sites (tertiary alicyclic amines) is 1. The van der Waals surface area contributed by atoms with Crippen LogP contribution in [0.5, 0.6) is 0 Å². The van der Waals surface area contributed by atoms with Gasteiger partial charge >= 0.3 is 0 Å². The summed E-state index contributed by atoms with van der Waals surface area (Å²) in [5.41, 5.74) is 7.29. The van der Waals surface area contributed by atoms with Crippen LogP contribution < -0.4 is 15.5 Å². The van der Waals surface area contributed by atoms with E-state index < -0.39 is 0 Å². The number of rotatable bonds is 9. The van der Waals surface area contributed by atoms with E-state index in [0.29, 0.717) is 28.7 Å². The van der Waals surface area contributed by atoms with Gasteiger partial charge in [-0.3, -0.25) is 9.69 Å². The number of carbonyl (C=O) groups excluding carboxylic acids is 1. The van der Waals surface area contributed by atoms with Crippen molar-refractivity contribution in [2.45, 2.75) is 56.5 Å².